The van der Waals surface area contributed by atoms with Gasteiger partial charge in [0.1, 0.15) is 0 Å². The first-order chi connectivity index (χ1) is 6.86. The number of nitrogens with one attached hydrogen (secondary N) is 2. The summed E-state index contributed by atoms with van der Waals surface area (Å²) in [4.78, 5) is 0. The maximum atomic E-state index is 3.86. The van der Waals surface area contributed by atoms with E-state index in [9.17, 15) is 0 Å². The Kier molecular flexibility index (Phi) is 2.55. The third-order valence-corrected chi connectivity index (χ3v) is 2.00. The Balaban J connectivity index is 1.81. The Morgan fingerprint density at radius 1 is 1.43 bits per heavy atom. The SMILES string of the molecule is Cn1nncc1CNCc1cn[nH]c1. The molecule has 2 N–H and O–H groups in total. The van der Waals surface area contributed by atoms with Gasteiger partial charge in [-0.3, -0.25) is 9.78 Å². The number of nitrogens with zero attached hydrogens (tertiary/aromatic N) is 4. The van der Waals surface area contributed by atoms with Gasteiger partial charge in [0.05, 0.1) is 18.1 Å². The van der Waals surface area contributed by atoms with Crippen LogP contribution in [0.1, 0.15) is 11.3 Å². The lowest BCUT2D eigenvalue weighted by Gasteiger charge is -2.01. The van der Waals surface area contributed by atoms with Crippen LogP contribution in [0.5, 0.6) is 0 Å². The van der Waals surface area contributed by atoms with Crippen LogP contribution in [-0.2, 0) is 20.1 Å². The molecule has 6 nitrogen and oxygen atoms in total. The van der Waals surface area contributed by atoms with Crippen molar-refractivity contribution in [2.75, 3.05) is 0 Å². The summed E-state index contributed by atoms with van der Waals surface area (Å²) < 4.78 is 1.75. The molecule has 0 bridgehead atoms. The molecule has 2 rings (SSSR count). The lowest BCUT2D eigenvalue weighted by molar-refractivity contribution is 0.617. The molecule has 0 aliphatic rings. The van der Waals surface area contributed by atoms with Crippen molar-refractivity contribution >= 4 is 0 Å². The molecule has 0 atom stereocenters. The normalized spacial score (nSPS) is 10.6. The van der Waals surface area contributed by atoms with E-state index in [-0.39, 0.29) is 0 Å². The lowest BCUT2D eigenvalue weighted by Crippen LogP contribution is -2.14. The van der Waals surface area contributed by atoms with E-state index >= 15 is 0 Å². The number of rotatable bonds is 4. The molecule has 0 aliphatic carbocycles. The Morgan fingerprint density at radius 2 is 2.36 bits per heavy atom. The Labute approximate surface area is 81.3 Å². The third kappa shape index (κ3) is 1.97. The minimum absolute atomic E-state index is 0.759. The van der Waals surface area contributed by atoms with E-state index < -0.39 is 0 Å². The first-order valence-corrected chi connectivity index (χ1v) is 4.38. The van der Waals surface area contributed by atoms with Crippen LogP contribution in [0.3, 0.4) is 0 Å². The summed E-state index contributed by atoms with van der Waals surface area (Å²) in [5.41, 5.74) is 2.20. The van der Waals surface area contributed by atoms with Crippen LogP contribution in [0, 0.1) is 0 Å². The van der Waals surface area contributed by atoms with Gasteiger partial charge in [0, 0.05) is 31.9 Å². The van der Waals surface area contributed by atoms with Crippen molar-refractivity contribution in [2.24, 2.45) is 7.05 Å². The first kappa shape index (κ1) is 8.89. The number of hydrogen-bond acceptors (Lipinski definition) is 4. The molecule has 2 heterocycles. The number of hydrogen-bond donors (Lipinski definition) is 2. The van der Waals surface area contributed by atoms with E-state index in [1.165, 1.54) is 0 Å². The van der Waals surface area contributed by atoms with Crippen LogP contribution >= 0.6 is 0 Å². The van der Waals surface area contributed by atoms with E-state index in [0.29, 0.717) is 0 Å². The highest BCUT2D eigenvalue weighted by molar-refractivity contribution is 5.02. The van der Waals surface area contributed by atoms with Crippen LogP contribution in [0.4, 0.5) is 0 Å². The van der Waals surface area contributed by atoms with Gasteiger partial charge >= 0.3 is 0 Å². The molecule has 0 unspecified atom stereocenters. The molecule has 0 fully saturated rings. The molecule has 0 aliphatic heterocycles. The van der Waals surface area contributed by atoms with E-state index in [4.69, 9.17) is 0 Å². The van der Waals surface area contributed by atoms with Gasteiger partial charge in [-0.1, -0.05) is 5.21 Å². The van der Waals surface area contributed by atoms with Crippen LogP contribution in [0.2, 0.25) is 0 Å². The van der Waals surface area contributed by atoms with E-state index in [1.807, 2.05) is 13.2 Å². The monoisotopic (exact) mass is 192 g/mol. The highest BCUT2D eigenvalue weighted by Crippen LogP contribution is 1.95. The van der Waals surface area contributed by atoms with Crippen LogP contribution in [0.25, 0.3) is 0 Å². The fourth-order valence-corrected chi connectivity index (χ4v) is 1.18. The molecule has 0 radical (unpaired) electrons. The zero-order valence-electron chi connectivity index (χ0n) is 7.94. The molecule has 2 aromatic rings. The summed E-state index contributed by atoms with van der Waals surface area (Å²) in [6, 6.07) is 0. The van der Waals surface area contributed by atoms with Crippen molar-refractivity contribution < 1.29 is 0 Å². The summed E-state index contributed by atoms with van der Waals surface area (Å²) >= 11 is 0. The fourth-order valence-electron chi connectivity index (χ4n) is 1.18. The quantitative estimate of drug-likeness (QED) is 0.705. The second-order valence-corrected chi connectivity index (χ2v) is 3.06. The van der Waals surface area contributed by atoms with Crippen molar-refractivity contribution in [3.05, 3.63) is 29.8 Å². The second kappa shape index (κ2) is 4.01. The summed E-state index contributed by atoms with van der Waals surface area (Å²) in [7, 11) is 1.88. The van der Waals surface area contributed by atoms with Gasteiger partial charge in [-0.25, -0.2) is 0 Å². The highest BCUT2D eigenvalue weighted by Gasteiger charge is 1.99. The molecule has 74 valence electrons. The van der Waals surface area contributed by atoms with Crippen LogP contribution in [0.15, 0.2) is 18.6 Å². The van der Waals surface area contributed by atoms with Gasteiger partial charge in [-0.05, 0) is 0 Å². The molecule has 0 spiro atoms. The largest absolute Gasteiger partial charge is 0.307 e. The van der Waals surface area contributed by atoms with Gasteiger partial charge in [0.15, 0.2) is 0 Å². The van der Waals surface area contributed by atoms with Gasteiger partial charge in [0.2, 0.25) is 0 Å². The molecular formula is C8H12N6. The number of aromatic nitrogens is 5. The molecule has 0 aromatic carbocycles. The predicted molar refractivity (Wildman–Crippen MR) is 50.1 cm³/mol. The van der Waals surface area contributed by atoms with E-state index in [2.05, 4.69) is 25.8 Å². The van der Waals surface area contributed by atoms with Crippen molar-refractivity contribution in [2.45, 2.75) is 13.1 Å². The Morgan fingerprint density at radius 3 is 3.00 bits per heavy atom. The summed E-state index contributed by atoms with van der Waals surface area (Å²) in [6.45, 7) is 1.55. The Hall–Kier alpha value is -1.69. The minimum Gasteiger partial charge on any atom is -0.307 e. The van der Waals surface area contributed by atoms with Crippen molar-refractivity contribution in [1.29, 1.82) is 0 Å². The maximum Gasteiger partial charge on any atom is 0.0738 e. The zero-order chi connectivity index (χ0) is 9.80. The van der Waals surface area contributed by atoms with Crippen molar-refractivity contribution in [3.63, 3.8) is 0 Å². The minimum atomic E-state index is 0.759. The predicted octanol–water partition coefficient (Wildman–Crippen LogP) is -0.172. The Bertz CT molecular complexity index is 376. The van der Waals surface area contributed by atoms with Gasteiger partial charge < -0.3 is 5.32 Å². The molecule has 6 heteroatoms. The third-order valence-electron chi connectivity index (χ3n) is 2.00. The lowest BCUT2D eigenvalue weighted by atomic mass is 10.3. The summed E-state index contributed by atoms with van der Waals surface area (Å²) in [5, 5.41) is 17.5. The fraction of sp³-hybridized carbons (Fsp3) is 0.375. The van der Waals surface area contributed by atoms with Crippen LogP contribution < -0.4 is 5.32 Å². The van der Waals surface area contributed by atoms with E-state index in [1.54, 1.807) is 17.1 Å². The maximum absolute atomic E-state index is 3.86. The van der Waals surface area contributed by atoms with Gasteiger partial charge in [-0.15, -0.1) is 5.10 Å². The second-order valence-electron chi connectivity index (χ2n) is 3.06. The van der Waals surface area contributed by atoms with Crippen molar-refractivity contribution in [3.8, 4) is 0 Å². The molecule has 0 saturated heterocycles. The zero-order valence-corrected chi connectivity index (χ0v) is 7.94. The first-order valence-electron chi connectivity index (χ1n) is 4.38. The molecule has 0 amide bonds. The number of aryl methyl sites for hydroxylation is 1. The molecule has 0 saturated carbocycles. The average Bonchev–Trinajstić information content (AvgIpc) is 2.78. The number of H-pyrrole nitrogens is 1. The molecule has 2 aromatic heterocycles. The topological polar surface area (TPSA) is 71.4 Å². The van der Waals surface area contributed by atoms with Gasteiger partial charge in [-0.2, -0.15) is 5.10 Å². The highest BCUT2D eigenvalue weighted by atomic mass is 15.4. The van der Waals surface area contributed by atoms with Crippen LogP contribution in [-0.4, -0.2) is 25.2 Å². The van der Waals surface area contributed by atoms with Crippen molar-refractivity contribution in [1.82, 2.24) is 30.5 Å². The molecular weight excluding hydrogens is 180 g/mol. The standard InChI is InChI=1S/C8H12N6/c1-14-8(6-12-13-14)5-9-2-7-3-10-11-4-7/h3-4,6,9H,2,5H2,1H3,(H,10,11). The average molecular weight is 192 g/mol. The molecule has 14 heavy (non-hydrogen) atoms. The van der Waals surface area contributed by atoms with Gasteiger partial charge in [0.25, 0.3) is 0 Å². The summed E-state index contributed by atoms with van der Waals surface area (Å²) in [6.07, 6.45) is 5.42. The smallest absolute Gasteiger partial charge is 0.0738 e. The van der Waals surface area contributed by atoms with E-state index in [0.717, 1.165) is 24.3 Å². The number of aromatic amines is 1. The summed E-state index contributed by atoms with van der Waals surface area (Å²) in [5.74, 6) is 0.